The standard InChI is InChI=1S/C14H11ClN2O/c1-9-6-12(4-2-10(9)8-16)18-14-5-3-11(17)7-13(14)15/h2-7H,17H2,1H3. The molecule has 0 spiro atoms. The molecule has 0 fully saturated rings. The summed E-state index contributed by atoms with van der Waals surface area (Å²) in [7, 11) is 0. The largest absolute Gasteiger partial charge is 0.456 e. The zero-order valence-corrected chi connectivity index (χ0v) is 10.5. The lowest BCUT2D eigenvalue weighted by Gasteiger charge is -2.09. The van der Waals surface area contributed by atoms with Gasteiger partial charge >= 0.3 is 0 Å². The van der Waals surface area contributed by atoms with Crippen LogP contribution in [0.2, 0.25) is 5.02 Å². The van der Waals surface area contributed by atoms with Gasteiger partial charge in [-0.1, -0.05) is 11.6 Å². The number of rotatable bonds is 2. The number of nitriles is 1. The summed E-state index contributed by atoms with van der Waals surface area (Å²) in [6, 6.07) is 12.4. The van der Waals surface area contributed by atoms with Gasteiger partial charge in [0, 0.05) is 5.69 Å². The summed E-state index contributed by atoms with van der Waals surface area (Å²) in [5.74, 6) is 1.17. The van der Waals surface area contributed by atoms with Crippen molar-refractivity contribution < 1.29 is 4.74 Å². The summed E-state index contributed by atoms with van der Waals surface area (Å²) in [5, 5.41) is 9.30. The number of nitrogens with two attached hydrogens (primary N) is 1. The molecule has 0 bridgehead atoms. The first-order valence-electron chi connectivity index (χ1n) is 5.34. The van der Waals surface area contributed by atoms with Gasteiger partial charge in [-0.15, -0.1) is 0 Å². The Bertz CT molecular complexity index is 632. The van der Waals surface area contributed by atoms with E-state index in [4.69, 9.17) is 27.3 Å². The summed E-state index contributed by atoms with van der Waals surface area (Å²) in [6.07, 6.45) is 0. The van der Waals surface area contributed by atoms with E-state index in [1.807, 2.05) is 6.92 Å². The molecule has 18 heavy (non-hydrogen) atoms. The number of nitrogens with zero attached hydrogens (tertiary/aromatic N) is 1. The molecule has 0 aliphatic heterocycles. The molecule has 0 aliphatic rings. The lowest BCUT2D eigenvalue weighted by atomic mass is 10.1. The predicted molar refractivity (Wildman–Crippen MR) is 71.8 cm³/mol. The van der Waals surface area contributed by atoms with Gasteiger partial charge in [0.2, 0.25) is 0 Å². The Hall–Kier alpha value is -2.18. The third-order valence-corrected chi connectivity index (χ3v) is 2.80. The number of aryl methyl sites for hydroxylation is 1. The molecule has 0 amide bonds. The van der Waals surface area contributed by atoms with Crippen molar-refractivity contribution in [1.82, 2.24) is 0 Å². The first-order valence-corrected chi connectivity index (χ1v) is 5.71. The molecule has 0 saturated heterocycles. The Morgan fingerprint density at radius 3 is 2.61 bits per heavy atom. The van der Waals surface area contributed by atoms with Crippen LogP contribution in [0.25, 0.3) is 0 Å². The smallest absolute Gasteiger partial charge is 0.146 e. The van der Waals surface area contributed by atoms with Gasteiger partial charge in [0.25, 0.3) is 0 Å². The number of benzene rings is 2. The fourth-order valence-corrected chi connectivity index (χ4v) is 1.78. The van der Waals surface area contributed by atoms with Crippen molar-refractivity contribution in [3.63, 3.8) is 0 Å². The van der Waals surface area contributed by atoms with Crippen LogP contribution < -0.4 is 10.5 Å². The zero-order valence-electron chi connectivity index (χ0n) is 9.77. The average Bonchev–Trinajstić information content (AvgIpc) is 2.33. The Morgan fingerprint density at radius 2 is 2.00 bits per heavy atom. The van der Waals surface area contributed by atoms with E-state index in [0.29, 0.717) is 27.8 Å². The SMILES string of the molecule is Cc1cc(Oc2ccc(N)cc2Cl)ccc1C#N. The van der Waals surface area contributed by atoms with E-state index in [9.17, 15) is 0 Å². The van der Waals surface area contributed by atoms with Crippen LogP contribution >= 0.6 is 11.6 Å². The number of hydrogen-bond acceptors (Lipinski definition) is 3. The summed E-state index contributed by atoms with van der Waals surface area (Å²) in [4.78, 5) is 0. The highest BCUT2D eigenvalue weighted by Gasteiger charge is 2.05. The number of nitrogen functional groups attached to an aromatic ring is 1. The maximum atomic E-state index is 8.85. The summed E-state index contributed by atoms with van der Waals surface area (Å²) in [6.45, 7) is 1.86. The van der Waals surface area contributed by atoms with Gasteiger partial charge in [0.1, 0.15) is 11.5 Å². The van der Waals surface area contributed by atoms with Gasteiger partial charge in [0.05, 0.1) is 16.7 Å². The van der Waals surface area contributed by atoms with Crippen molar-refractivity contribution in [3.05, 3.63) is 52.5 Å². The highest BCUT2D eigenvalue weighted by Crippen LogP contribution is 2.31. The Labute approximate surface area is 110 Å². The molecule has 90 valence electrons. The Kier molecular flexibility index (Phi) is 3.40. The second-order valence-electron chi connectivity index (χ2n) is 3.88. The van der Waals surface area contributed by atoms with Crippen LogP contribution in [-0.2, 0) is 0 Å². The number of anilines is 1. The molecule has 0 heterocycles. The van der Waals surface area contributed by atoms with E-state index >= 15 is 0 Å². The predicted octanol–water partition coefficient (Wildman–Crippen LogP) is 3.89. The van der Waals surface area contributed by atoms with Crippen molar-refractivity contribution in [2.24, 2.45) is 0 Å². The molecule has 4 heteroatoms. The van der Waals surface area contributed by atoms with Crippen molar-refractivity contribution >= 4 is 17.3 Å². The van der Waals surface area contributed by atoms with Crippen molar-refractivity contribution in [3.8, 4) is 17.6 Å². The van der Waals surface area contributed by atoms with Gasteiger partial charge in [0.15, 0.2) is 0 Å². The van der Waals surface area contributed by atoms with Gasteiger partial charge in [-0.2, -0.15) is 5.26 Å². The van der Waals surface area contributed by atoms with E-state index in [-0.39, 0.29) is 0 Å². The summed E-state index contributed by atoms with van der Waals surface area (Å²) >= 11 is 6.02. The van der Waals surface area contributed by atoms with Gasteiger partial charge < -0.3 is 10.5 Å². The molecule has 0 aliphatic carbocycles. The third-order valence-electron chi connectivity index (χ3n) is 2.50. The van der Waals surface area contributed by atoms with Crippen LogP contribution in [0.3, 0.4) is 0 Å². The quantitative estimate of drug-likeness (QED) is 0.831. The molecule has 0 aromatic heterocycles. The highest BCUT2D eigenvalue weighted by atomic mass is 35.5. The minimum absolute atomic E-state index is 0.456. The van der Waals surface area contributed by atoms with Crippen LogP contribution in [-0.4, -0.2) is 0 Å². The summed E-state index contributed by atoms with van der Waals surface area (Å²) < 4.78 is 5.65. The lowest BCUT2D eigenvalue weighted by Crippen LogP contribution is -1.90. The molecule has 2 aromatic carbocycles. The van der Waals surface area contributed by atoms with Crippen LogP contribution in [0, 0.1) is 18.3 Å². The topological polar surface area (TPSA) is 59.0 Å². The maximum absolute atomic E-state index is 8.85. The number of ether oxygens (including phenoxy) is 1. The molecule has 3 nitrogen and oxygen atoms in total. The zero-order chi connectivity index (χ0) is 13.1. The lowest BCUT2D eigenvalue weighted by molar-refractivity contribution is 0.482. The molecule has 0 saturated carbocycles. The van der Waals surface area contributed by atoms with E-state index in [2.05, 4.69) is 6.07 Å². The Morgan fingerprint density at radius 1 is 1.22 bits per heavy atom. The minimum Gasteiger partial charge on any atom is -0.456 e. The first-order chi connectivity index (χ1) is 8.60. The maximum Gasteiger partial charge on any atom is 0.146 e. The number of hydrogen-bond donors (Lipinski definition) is 1. The molecule has 2 N–H and O–H groups in total. The van der Waals surface area contributed by atoms with Crippen LogP contribution in [0.4, 0.5) is 5.69 Å². The van der Waals surface area contributed by atoms with E-state index < -0.39 is 0 Å². The van der Waals surface area contributed by atoms with E-state index in [1.54, 1.807) is 36.4 Å². The first kappa shape index (κ1) is 12.3. The van der Waals surface area contributed by atoms with Crippen molar-refractivity contribution in [2.75, 3.05) is 5.73 Å². The van der Waals surface area contributed by atoms with Crippen molar-refractivity contribution in [2.45, 2.75) is 6.92 Å². The normalized spacial score (nSPS) is 9.83. The summed E-state index contributed by atoms with van der Waals surface area (Å²) in [5.41, 5.74) is 7.69. The number of halogens is 1. The van der Waals surface area contributed by atoms with Gasteiger partial charge in [-0.3, -0.25) is 0 Å². The fourth-order valence-electron chi connectivity index (χ4n) is 1.55. The van der Waals surface area contributed by atoms with E-state index in [1.165, 1.54) is 0 Å². The molecular weight excluding hydrogens is 248 g/mol. The molecular formula is C14H11ClN2O. The van der Waals surface area contributed by atoms with Crippen LogP contribution in [0.5, 0.6) is 11.5 Å². The second-order valence-corrected chi connectivity index (χ2v) is 4.29. The van der Waals surface area contributed by atoms with Crippen LogP contribution in [0.15, 0.2) is 36.4 Å². The molecule has 2 aromatic rings. The highest BCUT2D eigenvalue weighted by molar-refractivity contribution is 6.32. The fraction of sp³-hybridized carbons (Fsp3) is 0.0714. The third kappa shape index (κ3) is 2.55. The Balaban J connectivity index is 2.29. The molecule has 0 radical (unpaired) electrons. The van der Waals surface area contributed by atoms with Gasteiger partial charge in [-0.05, 0) is 48.9 Å². The van der Waals surface area contributed by atoms with Crippen molar-refractivity contribution in [1.29, 1.82) is 5.26 Å². The average molecular weight is 259 g/mol. The minimum atomic E-state index is 0.456. The van der Waals surface area contributed by atoms with Gasteiger partial charge in [-0.25, -0.2) is 0 Å². The molecule has 0 atom stereocenters. The van der Waals surface area contributed by atoms with Crippen LogP contribution in [0.1, 0.15) is 11.1 Å². The molecule has 2 rings (SSSR count). The second kappa shape index (κ2) is 4.99. The van der Waals surface area contributed by atoms with E-state index in [0.717, 1.165) is 5.56 Å². The molecule has 0 unspecified atom stereocenters. The monoisotopic (exact) mass is 258 g/mol.